The Labute approximate surface area is 125 Å². The molecule has 1 aromatic carbocycles. The fraction of sp³-hybridized carbons (Fsp3) is 0.385. The molecule has 0 saturated heterocycles. The molecule has 0 aliphatic carbocycles. The minimum Gasteiger partial charge on any atom is -0.497 e. The van der Waals surface area contributed by atoms with Gasteiger partial charge in [0, 0.05) is 5.69 Å². The Balaban J connectivity index is 2.44. The first-order valence-electron chi connectivity index (χ1n) is 6.27. The molecule has 0 unspecified atom stereocenters. The van der Waals surface area contributed by atoms with Crippen LogP contribution in [-0.2, 0) is 4.79 Å². The summed E-state index contributed by atoms with van der Waals surface area (Å²) in [5.74, 6) is -0.326. The Morgan fingerprint density at radius 2 is 1.82 bits per heavy atom. The first kappa shape index (κ1) is 17.6. The zero-order valence-electron chi connectivity index (χ0n) is 12.0. The zero-order valence-corrected chi connectivity index (χ0v) is 12.0. The van der Waals surface area contributed by atoms with Gasteiger partial charge in [0.1, 0.15) is 18.3 Å². The third-order valence-electron chi connectivity index (χ3n) is 2.55. The lowest BCUT2D eigenvalue weighted by Gasteiger charge is -2.15. The van der Waals surface area contributed by atoms with E-state index in [-0.39, 0.29) is 0 Å². The molecule has 0 aromatic heterocycles. The maximum absolute atomic E-state index is 12.0. The zero-order chi connectivity index (χ0) is 16.8. The van der Waals surface area contributed by atoms with Crippen LogP contribution in [0, 0.1) is 0 Å². The van der Waals surface area contributed by atoms with Crippen LogP contribution in [0.2, 0.25) is 0 Å². The van der Waals surface area contributed by atoms with Gasteiger partial charge in [-0.15, -0.1) is 0 Å². The van der Waals surface area contributed by atoms with E-state index in [4.69, 9.17) is 4.74 Å². The molecule has 0 saturated carbocycles. The molecule has 0 aliphatic heterocycles. The highest BCUT2D eigenvalue weighted by Crippen LogP contribution is 2.15. The third-order valence-corrected chi connectivity index (χ3v) is 2.55. The van der Waals surface area contributed by atoms with Crippen molar-refractivity contribution in [3.63, 3.8) is 0 Å². The lowest BCUT2D eigenvalue weighted by molar-refractivity contribution is -0.139. The van der Waals surface area contributed by atoms with Crippen LogP contribution in [0.1, 0.15) is 6.92 Å². The topological polar surface area (TPSA) is 79.5 Å². The second-order valence-corrected chi connectivity index (χ2v) is 4.38. The van der Waals surface area contributed by atoms with E-state index in [1.54, 1.807) is 29.6 Å². The minimum absolute atomic E-state index is 0.446. The van der Waals surface area contributed by atoms with Gasteiger partial charge in [0.2, 0.25) is 5.91 Å². The SMILES string of the molecule is COc1ccc(NC(=O)N[C@@H](C)C(=O)NCC(F)(F)F)cc1. The van der Waals surface area contributed by atoms with Crippen molar-refractivity contribution in [2.75, 3.05) is 19.0 Å². The average Bonchev–Trinajstić information content (AvgIpc) is 2.44. The summed E-state index contributed by atoms with van der Waals surface area (Å²) in [5.41, 5.74) is 0.446. The summed E-state index contributed by atoms with van der Waals surface area (Å²) in [6, 6.07) is 4.57. The van der Waals surface area contributed by atoms with Crippen molar-refractivity contribution < 1.29 is 27.5 Å². The molecule has 9 heteroatoms. The molecule has 1 aromatic rings. The van der Waals surface area contributed by atoms with Gasteiger partial charge in [0.25, 0.3) is 0 Å². The summed E-state index contributed by atoms with van der Waals surface area (Å²) in [6.45, 7) is -0.169. The van der Waals surface area contributed by atoms with Crippen LogP contribution in [-0.4, -0.2) is 37.8 Å². The molecule has 122 valence electrons. The van der Waals surface area contributed by atoms with Gasteiger partial charge in [-0.2, -0.15) is 13.2 Å². The van der Waals surface area contributed by atoms with E-state index in [9.17, 15) is 22.8 Å². The molecule has 3 N–H and O–H groups in total. The van der Waals surface area contributed by atoms with Crippen molar-refractivity contribution in [1.29, 1.82) is 0 Å². The van der Waals surface area contributed by atoms with Crippen molar-refractivity contribution in [2.45, 2.75) is 19.1 Å². The molecule has 1 rings (SSSR count). The van der Waals surface area contributed by atoms with Crippen LogP contribution in [0.5, 0.6) is 5.75 Å². The largest absolute Gasteiger partial charge is 0.497 e. The normalized spacial score (nSPS) is 12.2. The van der Waals surface area contributed by atoms with Gasteiger partial charge in [-0.3, -0.25) is 4.79 Å². The Morgan fingerprint density at radius 3 is 2.32 bits per heavy atom. The molecule has 6 nitrogen and oxygen atoms in total. The molecule has 0 spiro atoms. The number of urea groups is 1. The van der Waals surface area contributed by atoms with E-state index in [0.717, 1.165) is 0 Å². The molecular weight excluding hydrogens is 303 g/mol. The minimum atomic E-state index is -4.50. The number of nitrogens with one attached hydrogen (secondary N) is 3. The summed E-state index contributed by atoms with van der Waals surface area (Å²) in [7, 11) is 1.50. The van der Waals surface area contributed by atoms with Crippen LogP contribution in [0.4, 0.5) is 23.7 Å². The highest BCUT2D eigenvalue weighted by molar-refractivity contribution is 5.93. The van der Waals surface area contributed by atoms with Gasteiger partial charge in [-0.1, -0.05) is 0 Å². The van der Waals surface area contributed by atoms with E-state index in [1.807, 2.05) is 0 Å². The molecule has 0 radical (unpaired) electrons. The summed E-state index contributed by atoms with van der Waals surface area (Å²) < 4.78 is 40.9. The van der Waals surface area contributed by atoms with E-state index < -0.39 is 30.7 Å². The molecule has 0 fully saturated rings. The Hall–Kier alpha value is -2.45. The van der Waals surface area contributed by atoms with Gasteiger partial charge >= 0.3 is 12.2 Å². The molecule has 1 atom stereocenters. The van der Waals surface area contributed by atoms with Crippen molar-refractivity contribution in [1.82, 2.24) is 10.6 Å². The number of anilines is 1. The quantitative estimate of drug-likeness (QED) is 0.775. The van der Waals surface area contributed by atoms with Crippen LogP contribution < -0.4 is 20.7 Å². The van der Waals surface area contributed by atoms with Crippen LogP contribution in [0.15, 0.2) is 24.3 Å². The number of carbonyl (C=O) groups excluding carboxylic acids is 2. The number of amides is 3. The van der Waals surface area contributed by atoms with Crippen molar-refractivity contribution >= 4 is 17.6 Å². The van der Waals surface area contributed by atoms with E-state index in [2.05, 4.69) is 10.6 Å². The van der Waals surface area contributed by atoms with Gasteiger partial charge < -0.3 is 20.7 Å². The maximum atomic E-state index is 12.0. The number of methoxy groups -OCH3 is 1. The summed E-state index contributed by atoms with van der Waals surface area (Å²) in [5, 5.41) is 6.36. The Kier molecular flexibility index (Phi) is 6.02. The number of benzene rings is 1. The molecule has 0 bridgehead atoms. The first-order valence-corrected chi connectivity index (χ1v) is 6.27. The number of hydrogen-bond donors (Lipinski definition) is 3. The second kappa shape index (κ2) is 7.53. The van der Waals surface area contributed by atoms with Crippen LogP contribution in [0.3, 0.4) is 0 Å². The smallest absolute Gasteiger partial charge is 0.405 e. The summed E-state index contributed by atoms with van der Waals surface area (Å²) in [6.07, 6.45) is -4.50. The second-order valence-electron chi connectivity index (χ2n) is 4.38. The highest BCUT2D eigenvalue weighted by Gasteiger charge is 2.28. The number of hydrogen-bond acceptors (Lipinski definition) is 3. The maximum Gasteiger partial charge on any atom is 0.405 e. The fourth-order valence-electron chi connectivity index (χ4n) is 1.44. The number of halogens is 3. The Morgan fingerprint density at radius 1 is 1.23 bits per heavy atom. The van der Waals surface area contributed by atoms with Crippen molar-refractivity contribution in [3.8, 4) is 5.75 Å². The Bertz CT molecular complexity index is 518. The van der Waals surface area contributed by atoms with Gasteiger partial charge in [0.05, 0.1) is 7.11 Å². The molecule has 22 heavy (non-hydrogen) atoms. The molecule has 0 aliphatic rings. The molecular formula is C13H16F3N3O3. The monoisotopic (exact) mass is 319 g/mol. The van der Waals surface area contributed by atoms with Crippen LogP contribution in [0.25, 0.3) is 0 Å². The van der Waals surface area contributed by atoms with E-state index in [0.29, 0.717) is 11.4 Å². The third kappa shape index (κ3) is 6.33. The standard InChI is InChI=1S/C13H16F3N3O3/c1-8(11(20)17-7-13(14,15)16)18-12(21)19-9-3-5-10(22-2)6-4-9/h3-6,8H,7H2,1-2H3,(H,17,20)(H2,18,19,21)/t8-/m0/s1. The lowest BCUT2D eigenvalue weighted by Crippen LogP contribution is -2.48. The van der Waals surface area contributed by atoms with E-state index >= 15 is 0 Å². The molecule has 0 heterocycles. The molecule has 3 amide bonds. The van der Waals surface area contributed by atoms with Gasteiger partial charge in [-0.05, 0) is 31.2 Å². The summed E-state index contributed by atoms with van der Waals surface area (Å²) >= 11 is 0. The number of carbonyl (C=O) groups is 2. The van der Waals surface area contributed by atoms with Crippen LogP contribution >= 0.6 is 0 Å². The van der Waals surface area contributed by atoms with Crippen molar-refractivity contribution in [2.24, 2.45) is 0 Å². The van der Waals surface area contributed by atoms with Gasteiger partial charge in [-0.25, -0.2) is 4.79 Å². The first-order chi connectivity index (χ1) is 10.2. The number of alkyl halides is 3. The lowest BCUT2D eigenvalue weighted by atomic mass is 10.3. The summed E-state index contributed by atoms with van der Waals surface area (Å²) in [4.78, 5) is 23.0. The highest BCUT2D eigenvalue weighted by atomic mass is 19.4. The van der Waals surface area contributed by atoms with Crippen molar-refractivity contribution in [3.05, 3.63) is 24.3 Å². The van der Waals surface area contributed by atoms with Gasteiger partial charge in [0.15, 0.2) is 0 Å². The number of rotatable bonds is 5. The average molecular weight is 319 g/mol. The fourth-order valence-corrected chi connectivity index (χ4v) is 1.44. The van der Waals surface area contributed by atoms with E-state index in [1.165, 1.54) is 14.0 Å². The number of ether oxygens (including phenoxy) is 1. The predicted molar refractivity (Wildman–Crippen MR) is 73.7 cm³/mol. The predicted octanol–water partition coefficient (Wildman–Crippen LogP) is 1.88.